The van der Waals surface area contributed by atoms with Gasteiger partial charge in [-0.2, -0.15) is 0 Å². The summed E-state index contributed by atoms with van der Waals surface area (Å²) >= 11 is 0. The molecule has 2 N–H and O–H groups in total. The van der Waals surface area contributed by atoms with Crippen molar-refractivity contribution in [2.75, 3.05) is 19.8 Å². The first-order valence-corrected chi connectivity index (χ1v) is 9.91. The van der Waals surface area contributed by atoms with E-state index in [1.807, 2.05) is 12.1 Å². The van der Waals surface area contributed by atoms with Gasteiger partial charge in [-0.1, -0.05) is 19.3 Å². The Balaban J connectivity index is 1.56. The lowest BCUT2D eigenvalue weighted by Crippen LogP contribution is -2.53. The molecule has 2 aliphatic rings. The van der Waals surface area contributed by atoms with Crippen LogP contribution in [0.3, 0.4) is 0 Å². The van der Waals surface area contributed by atoms with Crippen LogP contribution in [0.25, 0.3) is 0 Å². The molecule has 27 heavy (non-hydrogen) atoms. The Hall–Kier alpha value is -2.08. The Morgan fingerprint density at radius 3 is 2.41 bits per heavy atom. The summed E-state index contributed by atoms with van der Waals surface area (Å²) in [6.07, 6.45) is 7.29. The van der Waals surface area contributed by atoms with E-state index >= 15 is 0 Å². The lowest BCUT2D eigenvalue weighted by molar-refractivity contribution is -0.139. The van der Waals surface area contributed by atoms with Crippen molar-refractivity contribution in [3.05, 3.63) is 29.8 Å². The van der Waals surface area contributed by atoms with Gasteiger partial charge in [-0.15, -0.1) is 0 Å². The molecule has 0 aromatic heterocycles. The predicted molar refractivity (Wildman–Crippen MR) is 101 cm³/mol. The SMILES string of the molecule is O=C(O)CC1(NC(=O)c2ccc(OCC3CCCCC3)cc2)CCOCC1. The zero-order valence-electron chi connectivity index (χ0n) is 15.7. The van der Waals surface area contributed by atoms with Crippen LogP contribution in [0.1, 0.15) is 61.7 Å². The van der Waals surface area contributed by atoms with Crippen molar-refractivity contribution in [3.63, 3.8) is 0 Å². The Bertz CT molecular complexity index is 630. The summed E-state index contributed by atoms with van der Waals surface area (Å²) in [6, 6.07) is 7.09. The fraction of sp³-hybridized carbons (Fsp3) is 0.619. The molecule has 1 aliphatic carbocycles. The van der Waals surface area contributed by atoms with E-state index in [1.165, 1.54) is 32.1 Å². The van der Waals surface area contributed by atoms with Crippen LogP contribution in [0, 0.1) is 5.92 Å². The topological polar surface area (TPSA) is 84.9 Å². The molecule has 1 saturated heterocycles. The maximum Gasteiger partial charge on any atom is 0.305 e. The smallest absolute Gasteiger partial charge is 0.305 e. The van der Waals surface area contributed by atoms with Crippen molar-refractivity contribution < 1.29 is 24.2 Å². The molecule has 1 aromatic carbocycles. The highest BCUT2D eigenvalue weighted by atomic mass is 16.5. The maximum absolute atomic E-state index is 12.6. The molecule has 6 heteroatoms. The third-order valence-electron chi connectivity index (χ3n) is 5.65. The average molecular weight is 375 g/mol. The van der Waals surface area contributed by atoms with Crippen molar-refractivity contribution in [2.24, 2.45) is 5.92 Å². The molecule has 0 atom stereocenters. The number of carbonyl (C=O) groups excluding carboxylic acids is 1. The average Bonchev–Trinajstić information content (AvgIpc) is 2.67. The third kappa shape index (κ3) is 5.70. The molecule has 1 amide bonds. The molecule has 1 aliphatic heterocycles. The van der Waals surface area contributed by atoms with Crippen LogP contribution in [0.2, 0.25) is 0 Å². The van der Waals surface area contributed by atoms with Gasteiger partial charge in [-0.05, 0) is 55.9 Å². The molecule has 0 bridgehead atoms. The summed E-state index contributed by atoms with van der Waals surface area (Å²) in [7, 11) is 0. The number of carbonyl (C=O) groups is 2. The maximum atomic E-state index is 12.6. The first-order valence-electron chi connectivity index (χ1n) is 9.91. The highest BCUT2D eigenvalue weighted by molar-refractivity contribution is 5.95. The van der Waals surface area contributed by atoms with Gasteiger partial charge in [0.1, 0.15) is 5.75 Å². The molecule has 6 nitrogen and oxygen atoms in total. The van der Waals surface area contributed by atoms with Crippen molar-refractivity contribution in [1.29, 1.82) is 0 Å². The number of aliphatic carboxylic acids is 1. The van der Waals surface area contributed by atoms with E-state index in [1.54, 1.807) is 12.1 Å². The standard InChI is InChI=1S/C21H29NO5/c23-19(24)14-21(10-12-26-13-11-21)22-20(25)17-6-8-18(9-7-17)27-15-16-4-2-1-3-5-16/h6-9,16H,1-5,10-15H2,(H,22,25)(H,23,24). The molecule has 0 radical (unpaired) electrons. The van der Waals surface area contributed by atoms with Gasteiger partial charge in [0, 0.05) is 18.8 Å². The molecule has 0 spiro atoms. The molecule has 1 aromatic rings. The molecule has 2 fully saturated rings. The minimum atomic E-state index is -0.913. The van der Waals surface area contributed by atoms with Gasteiger partial charge in [0.25, 0.3) is 5.91 Å². The summed E-state index contributed by atoms with van der Waals surface area (Å²) < 4.78 is 11.2. The number of hydrogen-bond acceptors (Lipinski definition) is 4. The van der Waals surface area contributed by atoms with Gasteiger partial charge in [0.15, 0.2) is 0 Å². The van der Waals surface area contributed by atoms with E-state index in [0.29, 0.717) is 37.5 Å². The summed E-state index contributed by atoms with van der Waals surface area (Å²) in [5.41, 5.74) is -0.228. The number of hydrogen-bond donors (Lipinski definition) is 2. The monoisotopic (exact) mass is 375 g/mol. The number of benzene rings is 1. The lowest BCUT2D eigenvalue weighted by atomic mass is 9.86. The van der Waals surface area contributed by atoms with Crippen molar-refractivity contribution in [2.45, 2.75) is 56.9 Å². The number of amides is 1. The van der Waals surface area contributed by atoms with Gasteiger partial charge >= 0.3 is 5.97 Å². The fourth-order valence-corrected chi connectivity index (χ4v) is 3.98. The Labute approximate surface area is 160 Å². The summed E-state index contributed by atoms with van der Waals surface area (Å²) in [5.74, 6) is 0.232. The van der Waals surface area contributed by atoms with Crippen molar-refractivity contribution in [3.8, 4) is 5.75 Å². The number of nitrogens with one attached hydrogen (secondary N) is 1. The highest BCUT2D eigenvalue weighted by Crippen LogP contribution is 2.26. The Kier molecular flexibility index (Phi) is 6.72. The lowest BCUT2D eigenvalue weighted by Gasteiger charge is -2.36. The molecule has 3 rings (SSSR count). The van der Waals surface area contributed by atoms with E-state index in [0.717, 1.165) is 12.4 Å². The van der Waals surface area contributed by atoms with Gasteiger partial charge in [-0.3, -0.25) is 9.59 Å². The normalized spacial score (nSPS) is 20.0. The van der Waals surface area contributed by atoms with Crippen LogP contribution >= 0.6 is 0 Å². The second kappa shape index (κ2) is 9.22. The summed E-state index contributed by atoms with van der Waals surface area (Å²) in [5, 5.41) is 12.2. The molecular weight excluding hydrogens is 346 g/mol. The number of carboxylic acids is 1. The van der Waals surface area contributed by atoms with Crippen LogP contribution in [-0.4, -0.2) is 42.3 Å². The van der Waals surface area contributed by atoms with Gasteiger partial charge in [-0.25, -0.2) is 0 Å². The van der Waals surface area contributed by atoms with Gasteiger partial charge in [0.2, 0.25) is 0 Å². The van der Waals surface area contributed by atoms with E-state index in [4.69, 9.17) is 9.47 Å². The van der Waals surface area contributed by atoms with Crippen LogP contribution in [0.4, 0.5) is 0 Å². The largest absolute Gasteiger partial charge is 0.493 e. The van der Waals surface area contributed by atoms with Crippen LogP contribution < -0.4 is 10.1 Å². The van der Waals surface area contributed by atoms with E-state index in [-0.39, 0.29) is 12.3 Å². The quantitative estimate of drug-likeness (QED) is 0.763. The summed E-state index contributed by atoms with van der Waals surface area (Å²) in [6.45, 7) is 1.65. The second-order valence-electron chi connectivity index (χ2n) is 7.76. The highest BCUT2D eigenvalue weighted by Gasteiger charge is 2.36. The van der Waals surface area contributed by atoms with Crippen molar-refractivity contribution in [1.82, 2.24) is 5.32 Å². The molecule has 1 saturated carbocycles. The first kappa shape index (κ1) is 19.7. The second-order valence-corrected chi connectivity index (χ2v) is 7.76. The Morgan fingerprint density at radius 2 is 1.78 bits per heavy atom. The van der Waals surface area contributed by atoms with Gasteiger partial charge in [0.05, 0.1) is 18.6 Å². The van der Waals surface area contributed by atoms with Crippen LogP contribution in [0.15, 0.2) is 24.3 Å². The zero-order valence-corrected chi connectivity index (χ0v) is 15.7. The number of rotatable bonds is 7. The van der Waals surface area contributed by atoms with Crippen LogP contribution in [0.5, 0.6) is 5.75 Å². The first-order chi connectivity index (χ1) is 13.1. The minimum absolute atomic E-state index is 0.0926. The molecule has 1 heterocycles. The fourth-order valence-electron chi connectivity index (χ4n) is 3.98. The zero-order chi connectivity index (χ0) is 19.1. The molecule has 148 valence electrons. The van der Waals surface area contributed by atoms with Crippen LogP contribution in [-0.2, 0) is 9.53 Å². The number of carboxylic acid groups (broad SMARTS) is 1. The van der Waals surface area contributed by atoms with E-state index < -0.39 is 11.5 Å². The summed E-state index contributed by atoms with van der Waals surface area (Å²) in [4.78, 5) is 23.9. The van der Waals surface area contributed by atoms with E-state index in [9.17, 15) is 14.7 Å². The molecule has 0 unspecified atom stereocenters. The third-order valence-corrected chi connectivity index (χ3v) is 5.65. The number of ether oxygens (including phenoxy) is 2. The van der Waals surface area contributed by atoms with E-state index in [2.05, 4.69) is 5.32 Å². The minimum Gasteiger partial charge on any atom is -0.493 e. The van der Waals surface area contributed by atoms with Crippen molar-refractivity contribution >= 4 is 11.9 Å². The molecular formula is C21H29NO5. The van der Waals surface area contributed by atoms with Gasteiger partial charge < -0.3 is 19.9 Å². The predicted octanol–water partition coefficient (Wildman–Crippen LogP) is 3.40. The Morgan fingerprint density at radius 1 is 1.11 bits per heavy atom.